The van der Waals surface area contributed by atoms with Gasteiger partial charge in [0.15, 0.2) is 11.6 Å². The molecule has 2 fully saturated rings. The molecule has 114 valence electrons. The fourth-order valence-electron chi connectivity index (χ4n) is 2.65. The van der Waals surface area contributed by atoms with E-state index in [1.807, 2.05) is 0 Å². The average Bonchev–Trinajstić information content (AvgIpc) is 2.45. The number of methoxy groups -OCH3 is 1. The van der Waals surface area contributed by atoms with Crippen molar-refractivity contribution < 1.29 is 14.4 Å². The van der Waals surface area contributed by atoms with E-state index in [2.05, 4.69) is 14.8 Å². The Morgan fingerprint density at radius 3 is 2.62 bits per heavy atom. The molecule has 0 atom stereocenters. The summed E-state index contributed by atoms with van der Waals surface area (Å²) in [4.78, 5) is 19.1. The molecule has 0 aliphatic carbocycles. The van der Waals surface area contributed by atoms with Gasteiger partial charge in [-0.2, -0.15) is 0 Å². The first-order valence-electron chi connectivity index (χ1n) is 6.94. The molecule has 0 amide bonds. The van der Waals surface area contributed by atoms with E-state index in [9.17, 15) is 10.1 Å². The number of ether oxygens (including phenoxy) is 2. The predicted molar refractivity (Wildman–Crippen MR) is 75.8 cm³/mol. The topological polar surface area (TPSA) is 81.0 Å². The number of hydrogen-bond donors (Lipinski definition) is 0. The van der Waals surface area contributed by atoms with Crippen LogP contribution in [-0.2, 0) is 4.74 Å². The third kappa shape index (κ3) is 2.77. The van der Waals surface area contributed by atoms with Crippen LogP contribution in [0.25, 0.3) is 0 Å². The van der Waals surface area contributed by atoms with E-state index in [0.29, 0.717) is 17.6 Å². The molecule has 8 nitrogen and oxygen atoms in total. The van der Waals surface area contributed by atoms with Crippen molar-refractivity contribution in [1.29, 1.82) is 0 Å². The van der Waals surface area contributed by atoms with Gasteiger partial charge in [-0.05, 0) is 0 Å². The molecule has 1 aromatic heterocycles. The van der Waals surface area contributed by atoms with Crippen molar-refractivity contribution in [1.82, 2.24) is 9.88 Å². The molecule has 3 rings (SSSR count). The van der Waals surface area contributed by atoms with E-state index >= 15 is 0 Å². The van der Waals surface area contributed by atoms with Gasteiger partial charge in [-0.15, -0.1) is 0 Å². The molecular weight excluding hydrogens is 276 g/mol. The number of piperazine rings is 1. The SMILES string of the molecule is COc1cc([N+](=O)[O-])cnc1N1CCN(C2COC2)CC1. The molecule has 21 heavy (non-hydrogen) atoms. The molecule has 8 heteroatoms. The van der Waals surface area contributed by atoms with Gasteiger partial charge in [0, 0.05) is 26.2 Å². The fraction of sp³-hybridized carbons (Fsp3) is 0.615. The normalized spacial score (nSPS) is 20.1. The van der Waals surface area contributed by atoms with E-state index in [1.54, 1.807) is 0 Å². The lowest BCUT2D eigenvalue weighted by Crippen LogP contribution is -2.56. The van der Waals surface area contributed by atoms with Gasteiger partial charge in [-0.1, -0.05) is 0 Å². The maximum absolute atomic E-state index is 10.8. The van der Waals surface area contributed by atoms with Crippen LogP contribution in [-0.4, -0.2) is 67.4 Å². The Bertz CT molecular complexity index is 527. The predicted octanol–water partition coefficient (Wildman–Crippen LogP) is 0.519. The number of hydrogen-bond acceptors (Lipinski definition) is 7. The summed E-state index contributed by atoms with van der Waals surface area (Å²) in [7, 11) is 1.51. The van der Waals surface area contributed by atoms with Crippen molar-refractivity contribution in [2.75, 3.05) is 51.4 Å². The van der Waals surface area contributed by atoms with Crippen LogP contribution in [0.3, 0.4) is 0 Å². The van der Waals surface area contributed by atoms with Gasteiger partial charge in [-0.25, -0.2) is 4.98 Å². The zero-order valence-corrected chi connectivity index (χ0v) is 11.9. The maximum atomic E-state index is 10.8. The Labute approximate surface area is 122 Å². The monoisotopic (exact) mass is 294 g/mol. The van der Waals surface area contributed by atoms with Crippen LogP contribution < -0.4 is 9.64 Å². The summed E-state index contributed by atoms with van der Waals surface area (Å²) >= 11 is 0. The van der Waals surface area contributed by atoms with Gasteiger partial charge >= 0.3 is 0 Å². The lowest BCUT2D eigenvalue weighted by atomic mass is 10.2. The van der Waals surface area contributed by atoms with Crippen LogP contribution in [0.15, 0.2) is 12.3 Å². The molecule has 2 saturated heterocycles. The molecule has 0 bridgehead atoms. The summed E-state index contributed by atoms with van der Waals surface area (Å²) < 4.78 is 10.5. The Hall–Kier alpha value is -1.93. The third-order valence-corrected chi connectivity index (χ3v) is 4.00. The van der Waals surface area contributed by atoms with Crippen molar-refractivity contribution in [3.05, 3.63) is 22.4 Å². The van der Waals surface area contributed by atoms with Crippen LogP contribution in [0.4, 0.5) is 11.5 Å². The second kappa shape index (κ2) is 5.82. The molecule has 3 heterocycles. The van der Waals surface area contributed by atoms with Crippen molar-refractivity contribution in [2.24, 2.45) is 0 Å². The number of nitrogens with zero attached hydrogens (tertiary/aromatic N) is 4. The first-order valence-corrected chi connectivity index (χ1v) is 6.94. The summed E-state index contributed by atoms with van der Waals surface area (Å²) in [6.07, 6.45) is 1.28. The van der Waals surface area contributed by atoms with E-state index in [0.717, 1.165) is 39.4 Å². The van der Waals surface area contributed by atoms with Crippen LogP contribution in [0.2, 0.25) is 0 Å². The zero-order valence-electron chi connectivity index (χ0n) is 11.9. The van der Waals surface area contributed by atoms with Crippen molar-refractivity contribution in [3.63, 3.8) is 0 Å². The third-order valence-electron chi connectivity index (χ3n) is 4.00. The van der Waals surface area contributed by atoms with Gasteiger partial charge in [0.05, 0.1) is 37.4 Å². The van der Waals surface area contributed by atoms with Gasteiger partial charge in [0.25, 0.3) is 5.69 Å². The second-order valence-electron chi connectivity index (χ2n) is 5.19. The Balaban J connectivity index is 1.70. The maximum Gasteiger partial charge on any atom is 0.291 e. The lowest BCUT2D eigenvalue weighted by Gasteiger charge is -2.42. The van der Waals surface area contributed by atoms with Crippen LogP contribution in [0.1, 0.15) is 0 Å². The van der Waals surface area contributed by atoms with E-state index in [-0.39, 0.29) is 5.69 Å². The highest BCUT2D eigenvalue weighted by Gasteiger charge is 2.30. The highest BCUT2D eigenvalue weighted by molar-refractivity contribution is 5.56. The summed E-state index contributed by atoms with van der Waals surface area (Å²) in [6.45, 7) is 5.18. The number of anilines is 1. The molecular formula is C13H18N4O4. The minimum Gasteiger partial charge on any atom is -0.493 e. The highest BCUT2D eigenvalue weighted by Crippen LogP contribution is 2.30. The molecule has 2 aliphatic heterocycles. The molecule has 0 N–H and O–H groups in total. The number of rotatable bonds is 4. The van der Waals surface area contributed by atoms with Crippen molar-refractivity contribution in [3.8, 4) is 5.75 Å². The quantitative estimate of drug-likeness (QED) is 0.591. The van der Waals surface area contributed by atoms with Crippen molar-refractivity contribution in [2.45, 2.75) is 6.04 Å². The number of aromatic nitrogens is 1. The van der Waals surface area contributed by atoms with E-state index in [4.69, 9.17) is 9.47 Å². The van der Waals surface area contributed by atoms with Gasteiger partial charge < -0.3 is 14.4 Å². The Morgan fingerprint density at radius 1 is 1.38 bits per heavy atom. The number of pyridine rings is 1. The smallest absolute Gasteiger partial charge is 0.291 e. The van der Waals surface area contributed by atoms with Gasteiger partial charge in [0.1, 0.15) is 6.20 Å². The number of nitro groups is 1. The first-order chi connectivity index (χ1) is 10.2. The minimum absolute atomic E-state index is 0.0548. The van der Waals surface area contributed by atoms with Gasteiger partial charge in [-0.3, -0.25) is 15.0 Å². The lowest BCUT2D eigenvalue weighted by molar-refractivity contribution is -0.385. The molecule has 0 radical (unpaired) electrons. The molecule has 2 aliphatic rings. The zero-order chi connectivity index (χ0) is 14.8. The van der Waals surface area contributed by atoms with Gasteiger partial charge in [0.2, 0.25) is 0 Å². The summed E-state index contributed by atoms with van der Waals surface area (Å²) in [5.41, 5.74) is -0.0548. The van der Waals surface area contributed by atoms with Crippen molar-refractivity contribution >= 4 is 11.5 Å². The van der Waals surface area contributed by atoms with Crippen LogP contribution >= 0.6 is 0 Å². The molecule has 0 saturated carbocycles. The Kier molecular flexibility index (Phi) is 3.89. The van der Waals surface area contributed by atoms with E-state index in [1.165, 1.54) is 19.4 Å². The summed E-state index contributed by atoms with van der Waals surface area (Å²) in [5, 5.41) is 10.8. The largest absolute Gasteiger partial charge is 0.493 e. The highest BCUT2D eigenvalue weighted by atomic mass is 16.6. The first kappa shape index (κ1) is 14.0. The summed E-state index contributed by atoms with van der Waals surface area (Å²) in [5.74, 6) is 1.12. The average molecular weight is 294 g/mol. The molecule has 0 spiro atoms. The molecule has 0 unspecified atom stereocenters. The van der Waals surface area contributed by atoms with Crippen LogP contribution in [0.5, 0.6) is 5.75 Å². The Morgan fingerprint density at radius 2 is 2.10 bits per heavy atom. The molecule has 1 aromatic rings. The standard InChI is InChI=1S/C13H18N4O4/c1-20-12-6-10(17(18)19)7-14-13(12)16-4-2-15(3-5-16)11-8-21-9-11/h6-7,11H,2-5,8-9H2,1H3. The van der Waals surface area contributed by atoms with E-state index < -0.39 is 4.92 Å². The fourth-order valence-corrected chi connectivity index (χ4v) is 2.65. The summed E-state index contributed by atoms with van der Waals surface area (Å²) in [6, 6.07) is 1.97. The second-order valence-corrected chi connectivity index (χ2v) is 5.19. The molecule has 0 aromatic carbocycles. The van der Waals surface area contributed by atoms with Crippen LogP contribution in [0, 0.1) is 10.1 Å². The minimum atomic E-state index is -0.464.